The summed E-state index contributed by atoms with van der Waals surface area (Å²) < 4.78 is 12.8. The fourth-order valence-electron chi connectivity index (χ4n) is 1.05. The molecule has 1 nitrogen and oxygen atoms in total. The van der Waals surface area contributed by atoms with Gasteiger partial charge in [0.05, 0.1) is 6.61 Å². The van der Waals surface area contributed by atoms with E-state index in [1.165, 1.54) is 0 Å². The third kappa shape index (κ3) is 0.635. The molecule has 1 fully saturated rings. The maximum atomic E-state index is 12.8. The molecule has 0 radical (unpaired) electrons. The normalized spacial score (nSPS) is 57.7. The SMILES string of the molecule is C[C@@H]1[C@@](F)(Cl)[C@]1(C)CO. The Morgan fingerprint density at radius 1 is 1.78 bits per heavy atom. The average Bonchev–Trinajstić information content (AvgIpc) is 2.16. The van der Waals surface area contributed by atoms with Crippen molar-refractivity contribution in [3.05, 3.63) is 0 Å². The Bertz CT molecular complexity index is 137. The molecule has 0 aromatic carbocycles. The highest BCUT2D eigenvalue weighted by atomic mass is 35.5. The molecule has 0 aromatic heterocycles. The van der Waals surface area contributed by atoms with Crippen LogP contribution >= 0.6 is 11.6 Å². The highest BCUT2D eigenvalue weighted by Gasteiger charge is 2.72. The van der Waals surface area contributed by atoms with Crippen molar-refractivity contribution in [2.45, 2.75) is 19.0 Å². The number of halogens is 2. The van der Waals surface area contributed by atoms with Crippen LogP contribution in [0.4, 0.5) is 4.39 Å². The van der Waals surface area contributed by atoms with E-state index in [9.17, 15) is 4.39 Å². The molecule has 1 N–H and O–H groups in total. The van der Waals surface area contributed by atoms with Crippen molar-refractivity contribution in [3.63, 3.8) is 0 Å². The highest BCUT2D eigenvalue weighted by Crippen LogP contribution is 2.66. The van der Waals surface area contributed by atoms with Gasteiger partial charge in [0.1, 0.15) is 0 Å². The summed E-state index contributed by atoms with van der Waals surface area (Å²) in [4.78, 5) is 0. The average molecular weight is 153 g/mol. The first-order chi connectivity index (χ1) is 3.97. The molecule has 0 bridgehead atoms. The van der Waals surface area contributed by atoms with Gasteiger partial charge in [-0.05, 0) is 0 Å². The van der Waals surface area contributed by atoms with Crippen LogP contribution in [-0.2, 0) is 0 Å². The van der Waals surface area contributed by atoms with Crippen molar-refractivity contribution in [1.82, 2.24) is 0 Å². The predicted molar refractivity (Wildman–Crippen MR) is 34.0 cm³/mol. The van der Waals surface area contributed by atoms with Crippen molar-refractivity contribution < 1.29 is 9.50 Å². The maximum absolute atomic E-state index is 12.8. The third-order valence-corrected chi connectivity index (χ3v) is 3.27. The van der Waals surface area contributed by atoms with Crippen LogP contribution in [0.15, 0.2) is 0 Å². The van der Waals surface area contributed by atoms with Gasteiger partial charge in [-0.3, -0.25) is 0 Å². The number of rotatable bonds is 1. The van der Waals surface area contributed by atoms with Crippen molar-refractivity contribution in [2.75, 3.05) is 6.61 Å². The Kier molecular flexibility index (Phi) is 1.30. The van der Waals surface area contributed by atoms with E-state index in [4.69, 9.17) is 16.7 Å². The molecule has 1 saturated carbocycles. The van der Waals surface area contributed by atoms with Crippen LogP contribution in [0.1, 0.15) is 13.8 Å². The summed E-state index contributed by atoms with van der Waals surface area (Å²) in [7, 11) is 0. The van der Waals surface area contributed by atoms with E-state index >= 15 is 0 Å². The molecule has 1 rings (SSSR count). The van der Waals surface area contributed by atoms with E-state index in [2.05, 4.69) is 0 Å². The largest absolute Gasteiger partial charge is 0.396 e. The van der Waals surface area contributed by atoms with E-state index in [1.807, 2.05) is 0 Å². The molecule has 54 valence electrons. The summed E-state index contributed by atoms with van der Waals surface area (Å²) in [6.07, 6.45) is 0. The van der Waals surface area contributed by atoms with Gasteiger partial charge in [0.2, 0.25) is 0 Å². The number of hydrogen-bond acceptors (Lipinski definition) is 1. The van der Waals surface area contributed by atoms with Gasteiger partial charge >= 0.3 is 0 Å². The van der Waals surface area contributed by atoms with Gasteiger partial charge in [-0.25, -0.2) is 4.39 Å². The number of aliphatic hydroxyl groups excluding tert-OH is 1. The summed E-state index contributed by atoms with van der Waals surface area (Å²) >= 11 is 5.37. The second kappa shape index (κ2) is 1.61. The molecule has 0 spiro atoms. The molecular formula is C6H10ClFO. The summed E-state index contributed by atoms with van der Waals surface area (Å²) in [5.74, 6) is -0.225. The van der Waals surface area contributed by atoms with Crippen molar-refractivity contribution in [1.29, 1.82) is 0 Å². The fraction of sp³-hybridized carbons (Fsp3) is 1.00. The summed E-state index contributed by atoms with van der Waals surface area (Å²) in [5.41, 5.74) is -0.700. The van der Waals surface area contributed by atoms with E-state index < -0.39 is 10.5 Å². The molecule has 9 heavy (non-hydrogen) atoms. The maximum Gasteiger partial charge on any atom is 0.194 e. The molecule has 1 aliphatic carbocycles. The van der Waals surface area contributed by atoms with Gasteiger partial charge in [-0.15, -0.1) is 0 Å². The van der Waals surface area contributed by atoms with Gasteiger partial charge in [-0.1, -0.05) is 25.4 Å². The third-order valence-electron chi connectivity index (χ3n) is 2.51. The van der Waals surface area contributed by atoms with Crippen LogP contribution < -0.4 is 0 Å². The molecule has 0 amide bonds. The quantitative estimate of drug-likeness (QED) is 0.566. The highest BCUT2D eigenvalue weighted by molar-refractivity contribution is 6.25. The monoisotopic (exact) mass is 152 g/mol. The van der Waals surface area contributed by atoms with E-state index in [1.54, 1.807) is 13.8 Å². The minimum Gasteiger partial charge on any atom is -0.396 e. The minimum absolute atomic E-state index is 0.172. The number of aliphatic hydroxyl groups is 1. The Morgan fingerprint density at radius 3 is 2.11 bits per heavy atom. The van der Waals surface area contributed by atoms with E-state index in [0.717, 1.165) is 0 Å². The molecule has 0 heterocycles. The Labute approximate surface area is 58.8 Å². The lowest BCUT2D eigenvalue weighted by molar-refractivity contribution is 0.185. The number of alkyl halides is 2. The van der Waals surface area contributed by atoms with Crippen molar-refractivity contribution >= 4 is 11.6 Å². The Morgan fingerprint density at radius 2 is 2.11 bits per heavy atom. The Hall–Kier alpha value is 0.180. The molecule has 1 aliphatic rings. The zero-order valence-corrected chi connectivity index (χ0v) is 6.24. The van der Waals surface area contributed by atoms with Gasteiger partial charge in [0, 0.05) is 11.3 Å². The molecule has 0 aliphatic heterocycles. The zero-order chi connectivity index (χ0) is 7.28. The minimum atomic E-state index is -1.66. The summed E-state index contributed by atoms with van der Waals surface area (Å²) in [6.45, 7) is 3.17. The van der Waals surface area contributed by atoms with Crippen molar-refractivity contribution in [3.8, 4) is 0 Å². The zero-order valence-electron chi connectivity index (χ0n) is 5.49. The summed E-state index contributed by atoms with van der Waals surface area (Å²) in [6, 6.07) is 0. The molecule has 0 unspecified atom stereocenters. The van der Waals surface area contributed by atoms with Crippen molar-refractivity contribution in [2.24, 2.45) is 11.3 Å². The lowest BCUT2D eigenvalue weighted by Gasteiger charge is -2.03. The van der Waals surface area contributed by atoms with Crippen LogP contribution in [-0.4, -0.2) is 16.8 Å². The molecule has 3 heteroatoms. The van der Waals surface area contributed by atoms with Crippen LogP contribution in [0.25, 0.3) is 0 Å². The summed E-state index contributed by atoms with van der Waals surface area (Å²) in [5, 5.41) is 6.98. The fourth-order valence-corrected chi connectivity index (χ4v) is 1.45. The van der Waals surface area contributed by atoms with Gasteiger partial charge in [0.15, 0.2) is 5.13 Å². The van der Waals surface area contributed by atoms with Crippen LogP contribution in [0.3, 0.4) is 0 Å². The lowest BCUT2D eigenvalue weighted by atomic mass is 10.1. The van der Waals surface area contributed by atoms with Gasteiger partial charge < -0.3 is 5.11 Å². The van der Waals surface area contributed by atoms with Crippen LogP contribution in [0.2, 0.25) is 0 Å². The van der Waals surface area contributed by atoms with Crippen LogP contribution in [0, 0.1) is 11.3 Å². The molecular weight excluding hydrogens is 143 g/mol. The molecule has 0 aromatic rings. The standard InChI is InChI=1S/C6H10ClFO/c1-4-5(2,3-9)6(4,7)8/h4,9H,3H2,1-2H3/t4-,5+,6-/m0/s1. The first-order valence-electron chi connectivity index (χ1n) is 2.95. The molecule has 3 atom stereocenters. The first kappa shape index (κ1) is 7.29. The van der Waals surface area contributed by atoms with E-state index in [0.29, 0.717) is 0 Å². The van der Waals surface area contributed by atoms with Crippen LogP contribution in [0.5, 0.6) is 0 Å². The first-order valence-corrected chi connectivity index (χ1v) is 3.33. The smallest absolute Gasteiger partial charge is 0.194 e. The number of hydrogen-bond donors (Lipinski definition) is 1. The molecule has 0 saturated heterocycles. The second-order valence-corrected chi connectivity index (χ2v) is 3.47. The Balaban J connectivity index is 2.70. The topological polar surface area (TPSA) is 20.2 Å². The lowest BCUT2D eigenvalue weighted by Crippen LogP contribution is -2.09. The van der Waals surface area contributed by atoms with Gasteiger partial charge in [0.25, 0.3) is 0 Å². The van der Waals surface area contributed by atoms with Gasteiger partial charge in [-0.2, -0.15) is 0 Å². The second-order valence-electron chi connectivity index (χ2n) is 2.92. The van der Waals surface area contributed by atoms with E-state index in [-0.39, 0.29) is 12.5 Å². The predicted octanol–water partition coefficient (Wildman–Crippen LogP) is 1.54.